The van der Waals surface area contributed by atoms with Crippen molar-refractivity contribution < 1.29 is 8.42 Å². The maximum absolute atomic E-state index is 12.7. The molecule has 1 aliphatic rings. The predicted octanol–water partition coefficient (Wildman–Crippen LogP) is 3.37. The van der Waals surface area contributed by atoms with Gasteiger partial charge in [-0.1, -0.05) is 26.0 Å². The first-order valence-electron chi connectivity index (χ1n) is 8.22. The molecule has 4 nitrogen and oxygen atoms in total. The average molecular weight is 361 g/mol. The van der Waals surface area contributed by atoms with Crippen LogP contribution < -0.4 is 5.73 Å². The summed E-state index contributed by atoms with van der Waals surface area (Å²) in [7, 11) is -3.37. The topological polar surface area (TPSA) is 63.4 Å². The number of sulfonamides is 1. The van der Waals surface area contributed by atoms with Gasteiger partial charge in [-0.25, -0.2) is 8.42 Å². The first-order chi connectivity index (χ1) is 10.4. The van der Waals surface area contributed by atoms with E-state index in [9.17, 15) is 8.42 Å². The molecule has 1 heterocycles. The Balaban J connectivity index is 0.00000264. The summed E-state index contributed by atoms with van der Waals surface area (Å²) < 4.78 is 27.0. The van der Waals surface area contributed by atoms with E-state index in [-0.39, 0.29) is 18.4 Å². The lowest BCUT2D eigenvalue weighted by molar-refractivity contribution is 0.250. The summed E-state index contributed by atoms with van der Waals surface area (Å²) in [6, 6.07) is 7.51. The van der Waals surface area contributed by atoms with Crippen molar-refractivity contribution in [2.45, 2.75) is 56.9 Å². The van der Waals surface area contributed by atoms with E-state index in [0.29, 0.717) is 29.8 Å². The van der Waals surface area contributed by atoms with Gasteiger partial charge in [-0.2, -0.15) is 4.31 Å². The fourth-order valence-electron chi connectivity index (χ4n) is 3.00. The number of hydrogen-bond donors (Lipinski definition) is 1. The van der Waals surface area contributed by atoms with Gasteiger partial charge in [-0.05, 0) is 55.7 Å². The van der Waals surface area contributed by atoms with Crippen LogP contribution in [0.1, 0.15) is 51.5 Å². The van der Waals surface area contributed by atoms with Gasteiger partial charge in [0.25, 0.3) is 0 Å². The Bertz CT molecular complexity index is 579. The van der Waals surface area contributed by atoms with E-state index in [0.717, 1.165) is 19.3 Å². The Labute approximate surface area is 146 Å². The second-order valence-corrected chi connectivity index (χ2v) is 8.42. The maximum Gasteiger partial charge on any atom is 0.243 e. The molecule has 1 aromatic carbocycles. The van der Waals surface area contributed by atoms with Gasteiger partial charge in [0.05, 0.1) is 4.90 Å². The van der Waals surface area contributed by atoms with Crippen molar-refractivity contribution in [3.8, 4) is 0 Å². The van der Waals surface area contributed by atoms with Crippen LogP contribution in [-0.2, 0) is 10.0 Å². The molecule has 2 unspecified atom stereocenters. The van der Waals surface area contributed by atoms with Gasteiger partial charge >= 0.3 is 0 Å². The van der Waals surface area contributed by atoms with Crippen LogP contribution in [0.5, 0.6) is 0 Å². The van der Waals surface area contributed by atoms with E-state index in [1.165, 1.54) is 5.56 Å². The average Bonchev–Trinajstić information content (AvgIpc) is 2.54. The summed E-state index contributed by atoms with van der Waals surface area (Å²) in [6.45, 7) is 7.44. The number of nitrogens with two attached hydrogens (primary N) is 1. The van der Waals surface area contributed by atoms with E-state index in [4.69, 9.17) is 5.73 Å². The quantitative estimate of drug-likeness (QED) is 0.875. The number of nitrogens with zero attached hydrogens (tertiary/aromatic N) is 1. The largest absolute Gasteiger partial charge is 0.328 e. The van der Waals surface area contributed by atoms with Crippen LogP contribution in [-0.4, -0.2) is 31.9 Å². The highest BCUT2D eigenvalue weighted by atomic mass is 35.5. The van der Waals surface area contributed by atoms with Crippen LogP contribution >= 0.6 is 12.4 Å². The van der Waals surface area contributed by atoms with E-state index >= 15 is 0 Å². The molecule has 0 radical (unpaired) electrons. The molecular formula is C17H29ClN2O2S. The SMILES string of the molecule is CCC(C)c1ccc(S(=O)(=O)N2CCC(C(C)N)CC2)cc1.Cl. The van der Waals surface area contributed by atoms with Gasteiger partial charge in [-0.15, -0.1) is 12.4 Å². The lowest BCUT2D eigenvalue weighted by atomic mass is 9.92. The highest BCUT2D eigenvalue weighted by molar-refractivity contribution is 7.89. The fraction of sp³-hybridized carbons (Fsp3) is 0.647. The molecule has 0 aromatic heterocycles. The Hall–Kier alpha value is -0.620. The number of rotatable bonds is 5. The van der Waals surface area contributed by atoms with Crippen molar-refractivity contribution in [1.29, 1.82) is 0 Å². The summed E-state index contributed by atoms with van der Waals surface area (Å²) in [5.74, 6) is 0.887. The molecule has 0 saturated carbocycles. The minimum absolute atomic E-state index is 0. The third kappa shape index (κ3) is 4.69. The van der Waals surface area contributed by atoms with Gasteiger partial charge in [0, 0.05) is 19.1 Å². The molecule has 23 heavy (non-hydrogen) atoms. The van der Waals surface area contributed by atoms with Crippen LogP contribution in [0, 0.1) is 5.92 Å². The molecule has 6 heteroatoms. The lowest BCUT2D eigenvalue weighted by Gasteiger charge is -2.33. The van der Waals surface area contributed by atoms with Crippen LogP contribution in [0.2, 0.25) is 0 Å². The summed E-state index contributed by atoms with van der Waals surface area (Å²) in [5, 5.41) is 0. The van der Waals surface area contributed by atoms with Gasteiger partial charge in [-0.3, -0.25) is 0 Å². The Morgan fingerprint density at radius 2 is 1.70 bits per heavy atom. The molecule has 0 spiro atoms. The number of halogens is 1. The fourth-order valence-corrected chi connectivity index (χ4v) is 4.46. The molecular weight excluding hydrogens is 332 g/mol. The molecule has 1 fully saturated rings. The van der Waals surface area contributed by atoms with E-state index in [1.807, 2.05) is 19.1 Å². The third-order valence-electron chi connectivity index (χ3n) is 4.94. The summed E-state index contributed by atoms with van der Waals surface area (Å²) in [4.78, 5) is 0.402. The van der Waals surface area contributed by atoms with Crippen molar-refractivity contribution in [3.05, 3.63) is 29.8 Å². The number of benzene rings is 1. The van der Waals surface area contributed by atoms with Crippen molar-refractivity contribution in [2.24, 2.45) is 11.7 Å². The summed E-state index contributed by atoms with van der Waals surface area (Å²) >= 11 is 0. The van der Waals surface area contributed by atoms with Crippen molar-refractivity contribution in [2.75, 3.05) is 13.1 Å². The maximum atomic E-state index is 12.7. The smallest absolute Gasteiger partial charge is 0.243 e. The second kappa shape index (κ2) is 8.47. The Morgan fingerprint density at radius 1 is 1.17 bits per heavy atom. The molecule has 0 bridgehead atoms. The van der Waals surface area contributed by atoms with Crippen molar-refractivity contribution in [1.82, 2.24) is 4.31 Å². The lowest BCUT2D eigenvalue weighted by Crippen LogP contribution is -2.42. The molecule has 2 atom stereocenters. The molecule has 1 aliphatic heterocycles. The highest BCUT2D eigenvalue weighted by Gasteiger charge is 2.30. The van der Waals surface area contributed by atoms with Crippen molar-refractivity contribution >= 4 is 22.4 Å². The zero-order chi connectivity index (χ0) is 16.3. The first kappa shape index (κ1) is 20.4. The number of piperidine rings is 1. The molecule has 132 valence electrons. The normalized spacial score (nSPS) is 19.8. The standard InChI is InChI=1S/C17H28N2O2S.ClH/c1-4-13(2)15-5-7-17(8-6-15)22(20,21)19-11-9-16(10-12-19)14(3)18;/h5-8,13-14,16H,4,9-12,18H2,1-3H3;1H. The highest BCUT2D eigenvalue weighted by Crippen LogP contribution is 2.26. The van der Waals surface area contributed by atoms with E-state index in [1.54, 1.807) is 16.4 Å². The molecule has 1 aromatic rings. The monoisotopic (exact) mass is 360 g/mol. The Kier molecular flexibility index (Phi) is 7.52. The van der Waals surface area contributed by atoms with Crippen LogP contribution in [0.4, 0.5) is 0 Å². The van der Waals surface area contributed by atoms with Gasteiger partial charge in [0.1, 0.15) is 0 Å². The molecule has 0 aliphatic carbocycles. The zero-order valence-electron chi connectivity index (χ0n) is 14.2. The molecule has 2 rings (SSSR count). The molecule has 0 amide bonds. The zero-order valence-corrected chi connectivity index (χ0v) is 15.9. The van der Waals surface area contributed by atoms with Gasteiger partial charge in [0.15, 0.2) is 0 Å². The minimum Gasteiger partial charge on any atom is -0.328 e. The van der Waals surface area contributed by atoms with Crippen LogP contribution in [0.15, 0.2) is 29.2 Å². The minimum atomic E-state index is -3.37. The van der Waals surface area contributed by atoms with Gasteiger partial charge in [0.2, 0.25) is 10.0 Å². The predicted molar refractivity (Wildman–Crippen MR) is 97.5 cm³/mol. The van der Waals surface area contributed by atoms with Gasteiger partial charge < -0.3 is 5.73 Å². The molecule has 1 saturated heterocycles. The van der Waals surface area contributed by atoms with E-state index in [2.05, 4.69) is 13.8 Å². The Morgan fingerprint density at radius 3 is 2.13 bits per heavy atom. The van der Waals surface area contributed by atoms with Crippen molar-refractivity contribution in [3.63, 3.8) is 0 Å². The van der Waals surface area contributed by atoms with E-state index < -0.39 is 10.0 Å². The third-order valence-corrected chi connectivity index (χ3v) is 6.85. The molecule has 2 N–H and O–H groups in total. The first-order valence-corrected chi connectivity index (χ1v) is 9.66. The number of hydrogen-bond acceptors (Lipinski definition) is 3. The second-order valence-electron chi connectivity index (χ2n) is 6.48. The summed E-state index contributed by atoms with van der Waals surface area (Å²) in [6.07, 6.45) is 2.75. The summed E-state index contributed by atoms with van der Waals surface area (Å²) in [5.41, 5.74) is 7.11. The van der Waals surface area contributed by atoms with Crippen LogP contribution in [0.25, 0.3) is 0 Å². The van der Waals surface area contributed by atoms with Crippen LogP contribution in [0.3, 0.4) is 0 Å².